The summed E-state index contributed by atoms with van der Waals surface area (Å²) in [6.45, 7) is 0. The minimum atomic E-state index is 0.188. The lowest BCUT2D eigenvalue weighted by atomic mass is 10.5. The van der Waals surface area contributed by atoms with E-state index in [4.69, 9.17) is 13.3 Å². The molecule has 0 saturated carbocycles. The van der Waals surface area contributed by atoms with Crippen LogP contribution in [0.5, 0.6) is 0 Å². The molecule has 3 aromatic heterocycles. The molecule has 0 unspecified atom stereocenters. The van der Waals surface area contributed by atoms with Crippen molar-refractivity contribution in [3.63, 3.8) is 0 Å². The summed E-state index contributed by atoms with van der Waals surface area (Å²) in [6, 6.07) is 10.6. The Hall–Kier alpha value is -3.88. The third-order valence-electron chi connectivity index (χ3n) is 2.70. The van der Waals surface area contributed by atoms with Crippen molar-refractivity contribution in [3.05, 3.63) is 72.5 Å². The average Bonchev–Trinajstić information content (AvgIpc) is 3.38. The van der Waals surface area contributed by atoms with Crippen molar-refractivity contribution in [2.45, 2.75) is 0 Å². The van der Waals surface area contributed by atoms with Crippen LogP contribution in [0, 0.1) is 0 Å². The maximum Gasteiger partial charge on any atom is 0.257 e. The predicted octanol–water partition coefficient (Wildman–Crippen LogP) is 2.40. The lowest BCUT2D eigenvalue weighted by Gasteiger charge is -2.01. The van der Waals surface area contributed by atoms with Gasteiger partial charge < -0.3 is 13.3 Å². The van der Waals surface area contributed by atoms with E-state index in [2.05, 4.69) is 31.3 Å². The van der Waals surface area contributed by atoms with Gasteiger partial charge in [-0.25, -0.2) is 10.9 Å². The molecule has 0 aliphatic heterocycles. The summed E-state index contributed by atoms with van der Waals surface area (Å²) in [6.07, 6.45) is 9.08. The molecule has 2 N–H and O–H groups in total. The molecule has 3 rings (SSSR count). The van der Waals surface area contributed by atoms with Crippen LogP contribution in [0.4, 0.5) is 0 Å². The highest BCUT2D eigenvalue weighted by atomic mass is 16.3. The fraction of sp³-hybridized carbons (Fsp3) is 0. The first-order valence-corrected chi connectivity index (χ1v) is 7.20. The van der Waals surface area contributed by atoms with E-state index >= 15 is 0 Å². The quantitative estimate of drug-likeness (QED) is 0.407. The molecular weight excluding hydrogens is 324 g/mol. The molecule has 3 aromatic rings. The first-order valence-electron chi connectivity index (χ1n) is 7.20. The number of furan rings is 3. The lowest BCUT2D eigenvalue weighted by molar-refractivity contribution is 0.559. The Labute approximate surface area is 142 Å². The van der Waals surface area contributed by atoms with E-state index in [1.807, 2.05) is 0 Å². The van der Waals surface area contributed by atoms with E-state index in [1.165, 1.54) is 18.6 Å². The summed E-state index contributed by atoms with van der Waals surface area (Å²) < 4.78 is 15.4. The molecule has 0 aliphatic carbocycles. The minimum absolute atomic E-state index is 0.188. The second-order valence-corrected chi connectivity index (χ2v) is 4.48. The van der Waals surface area contributed by atoms with Gasteiger partial charge >= 0.3 is 0 Å². The van der Waals surface area contributed by atoms with Crippen LogP contribution in [-0.4, -0.2) is 24.6 Å². The van der Waals surface area contributed by atoms with Gasteiger partial charge in [0.05, 0.1) is 37.4 Å². The monoisotopic (exact) mass is 338 g/mol. The summed E-state index contributed by atoms with van der Waals surface area (Å²) in [7, 11) is 0. The van der Waals surface area contributed by atoms with Gasteiger partial charge in [-0.15, -0.1) is 5.10 Å². The zero-order valence-corrected chi connectivity index (χ0v) is 12.9. The molecular formula is C16H14N6O3. The highest BCUT2D eigenvalue weighted by Crippen LogP contribution is 1.96. The number of rotatable bonds is 6. The Morgan fingerprint density at radius 2 is 1.20 bits per heavy atom. The molecule has 0 amide bonds. The molecule has 3 heterocycles. The Kier molecular flexibility index (Phi) is 5.55. The van der Waals surface area contributed by atoms with Gasteiger partial charge in [0.25, 0.3) is 5.96 Å². The molecule has 0 fully saturated rings. The van der Waals surface area contributed by atoms with E-state index in [0.29, 0.717) is 17.3 Å². The molecule has 0 aliphatic rings. The van der Waals surface area contributed by atoms with E-state index < -0.39 is 0 Å². The van der Waals surface area contributed by atoms with E-state index in [1.54, 1.807) is 55.2 Å². The van der Waals surface area contributed by atoms with Crippen molar-refractivity contribution < 1.29 is 13.3 Å². The molecule has 0 atom stereocenters. The summed E-state index contributed by atoms with van der Waals surface area (Å²) >= 11 is 0. The molecule has 0 saturated heterocycles. The number of hydrazone groups is 2. The smallest absolute Gasteiger partial charge is 0.257 e. The maximum atomic E-state index is 5.14. The summed E-state index contributed by atoms with van der Waals surface area (Å²) in [5, 5.41) is 15.8. The fourth-order valence-electron chi connectivity index (χ4n) is 1.62. The van der Waals surface area contributed by atoms with Crippen LogP contribution >= 0.6 is 0 Å². The van der Waals surface area contributed by atoms with Gasteiger partial charge in [0.1, 0.15) is 17.3 Å². The molecule has 9 heteroatoms. The lowest BCUT2D eigenvalue weighted by Crippen LogP contribution is -2.30. The van der Waals surface area contributed by atoms with Crippen molar-refractivity contribution in [2.24, 2.45) is 20.4 Å². The Bertz CT molecular complexity index is 798. The highest BCUT2D eigenvalue weighted by Gasteiger charge is 1.96. The van der Waals surface area contributed by atoms with Crippen LogP contribution in [0.2, 0.25) is 0 Å². The standard InChI is InChI=1S/C16H14N6O3/c1-4-13(23-7-1)10-17-20-16(21-18-11-14-5-2-8-24-14)22-19-12-15-6-3-9-25-15/h1-12H,(H2,20,21,22)/b17-10-,18-11-,19-12+. The Morgan fingerprint density at radius 1 is 0.720 bits per heavy atom. The van der Waals surface area contributed by atoms with Crippen LogP contribution in [-0.2, 0) is 0 Å². The fourth-order valence-corrected chi connectivity index (χ4v) is 1.62. The van der Waals surface area contributed by atoms with Gasteiger partial charge in [0.15, 0.2) is 0 Å². The molecule has 0 bridgehead atoms. The molecule has 0 spiro atoms. The summed E-state index contributed by atoms with van der Waals surface area (Å²) in [4.78, 5) is 0. The Balaban J connectivity index is 1.63. The SMILES string of the molecule is C(=N/N=C(N/N=C\c1ccco1)N/N=C/c1ccco1)/c1ccco1. The second kappa shape index (κ2) is 8.67. The number of guanidine groups is 1. The van der Waals surface area contributed by atoms with Crippen LogP contribution in [0.3, 0.4) is 0 Å². The van der Waals surface area contributed by atoms with Crippen LogP contribution < -0.4 is 10.9 Å². The van der Waals surface area contributed by atoms with Crippen molar-refractivity contribution in [2.75, 3.05) is 0 Å². The number of nitrogens with one attached hydrogen (secondary N) is 2. The normalized spacial score (nSPS) is 12.6. The molecule has 9 nitrogen and oxygen atoms in total. The van der Waals surface area contributed by atoms with E-state index in [-0.39, 0.29) is 5.96 Å². The van der Waals surface area contributed by atoms with Crippen molar-refractivity contribution in [1.82, 2.24) is 10.9 Å². The van der Waals surface area contributed by atoms with E-state index in [0.717, 1.165) is 0 Å². The number of hydrogen-bond donors (Lipinski definition) is 2. The Morgan fingerprint density at radius 3 is 1.64 bits per heavy atom. The maximum absolute atomic E-state index is 5.14. The predicted molar refractivity (Wildman–Crippen MR) is 92.6 cm³/mol. The molecule has 25 heavy (non-hydrogen) atoms. The average molecular weight is 338 g/mol. The topological polar surface area (TPSA) is 113 Å². The summed E-state index contributed by atoms with van der Waals surface area (Å²) in [5.41, 5.74) is 5.36. The molecule has 126 valence electrons. The van der Waals surface area contributed by atoms with Crippen molar-refractivity contribution in [1.29, 1.82) is 0 Å². The van der Waals surface area contributed by atoms with Gasteiger partial charge in [-0.3, -0.25) is 0 Å². The van der Waals surface area contributed by atoms with Gasteiger partial charge in [-0.1, -0.05) is 0 Å². The van der Waals surface area contributed by atoms with Gasteiger partial charge in [-0.2, -0.15) is 15.3 Å². The zero-order valence-electron chi connectivity index (χ0n) is 12.9. The first-order chi connectivity index (χ1) is 12.4. The minimum Gasteiger partial charge on any atom is -0.463 e. The van der Waals surface area contributed by atoms with E-state index in [9.17, 15) is 0 Å². The molecule has 0 aromatic carbocycles. The highest BCUT2D eigenvalue weighted by molar-refractivity contribution is 5.85. The largest absolute Gasteiger partial charge is 0.463 e. The number of nitrogens with zero attached hydrogens (tertiary/aromatic N) is 4. The van der Waals surface area contributed by atoms with Crippen molar-refractivity contribution in [3.8, 4) is 0 Å². The summed E-state index contributed by atoms with van der Waals surface area (Å²) in [5.74, 6) is 1.93. The van der Waals surface area contributed by atoms with Crippen LogP contribution in [0.25, 0.3) is 0 Å². The first kappa shape index (κ1) is 16.0. The van der Waals surface area contributed by atoms with Crippen LogP contribution in [0.1, 0.15) is 17.3 Å². The van der Waals surface area contributed by atoms with Crippen LogP contribution in [0.15, 0.2) is 88.8 Å². The van der Waals surface area contributed by atoms with Crippen molar-refractivity contribution >= 4 is 24.6 Å². The zero-order chi connectivity index (χ0) is 17.2. The number of hydrogen-bond acceptors (Lipinski definition) is 7. The third-order valence-corrected chi connectivity index (χ3v) is 2.70. The molecule has 0 radical (unpaired) electrons. The second-order valence-electron chi connectivity index (χ2n) is 4.48. The van der Waals surface area contributed by atoms with Gasteiger partial charge in [0, 0.05) is 0 Å². The van der Waals surface area contributed by atoms with Gasteiger partial charge in [0.2, 0.25) is 0 Å². The van der Waals surface area contributed by atoms with Gasteiger partial charge in [-0.05, 0) is 36.4 Å². The third kappa shape index (κ3) is 5.36.